The molecule has 1 aliphatic rings. The van der Waals surface area contributed by atoms with E-state index in [1.807, 2.05) is 12.5 Å². The van der Waals surface area contributed by atoms with Gasteiger partial charge in [-0.2, -0.15) is 0 Å². The topological polar surface area (TPSA) is 59.0 Å². The molecule has 0 bridgehead atoms. The number of amides is 1. The van der Waals surface area contributed by atoms with Gasteiger partial charge < -0.3 is 15.2 Å². The Bertz CT molecular complexity index is 404. The number of nitrogens with one attached hydrogen (secondary N) is 2. The molecule has 1 fully saturated rings. The highest BCUT2D eigenvalue weighted by Gasteiger charge is 2.38. The molecule has 0 radical (unpaired) electrons. The lowest BCUT2D eigenvalue weighted by Gasteiger charge is -2.36. The quantitative estimate of drug-likeness (QED) is 0.720. The third kappa shape index (κ3) is 4.56. The average Bonchev–Trinajstić information content (AvgIpc) is 3.01. The number of aryl methyl sites for hydroxylation is 1. The van der Waals surface area contributed by atoms with Gasteiger partial charge in [0.1, 0.15) is 0 Å². The lowest BCUT2D eigenvalue weighted by molar-refractivity contribution is -0.132. The largest absolute Gasteiger partial charge is 0.356 e. The van der Waals surface area contributed by atoms with Crippen LogP contribution < -0.4 is 10.6 Å². The summed E-state index contributed by atoms with van der Waals surface area (Å²) < 4.78 is 2.07. The summed E-state index contributed by atoms with van der Waals surface area (Å²) >= 11 is 0. The van der Waals surface area contributed by atoms with Crippen molar-refractivity contribution in [2.75, 3.05) is 19.6 Å². The van der Waals surface area contributed by atoms with Gasteiger partial charge in [-0.15, -0.1) is 0 Å². The summed E-state index contributed by atoms with van der Waals surface area (Å²) in [4.78, 5) is 16.6. The number of nitrogens with zero attached hydrogens (tertiary/aromatic N) is 2. The van der Waals surface area contributed by atoms with Crippen LogP contribution in [0.3, 0.4) is 0 Å². The molecule has 21 heavy (non-hydrogen) atoms. The van der Waals surface area contributed by atoms with Crippen LogP contribution in [0.5, 0.6) is 0 Å². The number of hydrogen-bond donors (Lipinski definition) is 2. The van der Waals surface area contributed by atoms with Gasteiger partial charge >= 0.3 is 0 Å². The lowest BCUT2D eigenvalue weighted by Crippen LogP contribution is -2.50. The number of unbranched alkanes of at least 4 members (excludes halogenated alkanes) is 1. The Morgan fingerprint density at radius 1 is 1.48 bits per heavy atom. The van der Waals surface area contributed by atoms with Gasteiger partial charge in [-0.05, 0) is 38.6 Å². The fourth-order valence-electron chi connectivity index (χ4n) is 3.19. The molecule has 1 aromatic rings. The van der Waals surface area contributed by atoms with Crippen molar-refractivity contribution in [1.29, 1.82) is 0 Å². The third-order valence-corrected chi connectivity index (χ3v) is 4.37. The normalized spacial score (nSPS) is 22.1. The van der Waals surface area contributed by atoms with Gasteiger partial charge in [0.15, 0.2) is 0 Å². The minimum Gasteiger partial charge on any atom is -0.356 e. The van der Waals surface area contributed by atoms with Crippen molar-refractivity contribution in [3.63, 3.8) is 0 Å². The van der Waals surface area contributed by atoms with E-state index in [2.05, 4.69) is 27.1 Å². The van der Waals surface area contributed by atoms with Crippen LogP contribution in [0.4, 0.5) is 0 Å². The first-order valence-electron chi connectivity index (χ1n) is 8.21. The van der Waals surface area contributed by atoms with Crippen LogP contribution in [0.15, 0.2) is 18.7 Å². The zero-order valence-corrected chi connectivity index (χ0v) is 13.1. The monoisotopic (exact) mass is 292 g/mol. The number of rotatable bonds is 8. The fraction of sp³-hybridized carbons (Fsp3) is 0.750. The van der Waals surface area contributed by atoms with E-state index in [9.17, 15) is 4.79 Å². The molecule has 5 nitrogen and oxygen atoms in total. The van der Waals surface area contributed by atoms with Crippen molar-refractivity contribution >= 4 is 5.91 Å². The van der Waals surface area contributed by atoms with E-state index in [0.717, 1.165) is 64.7 Å². The predicted molar refractivity (Wildman–Crippen MR) is 83.9 cm³/mol. The predicted octanol–water partition coefficient (Wildman–Crippen LogP) is 1.95. The first-order valence-corrected chi connectivity index (χ1v) is 8.21. The molecule has 1 amide bonds. The van der Waals surface area contributed by atoms with Crippen molar-refractivity contribution in [2.24, 2.45) is 5.41 Å². The summed E-state index contributed by atoms with van der Waals surface area (Å²) in [5, 5.41) is 6.54. The van der Waals surface area contributed by atoms with Gasteiger partial charge in [0, 0.05) is 32.0 Å². The Kier molecular flexibility index (Phi) is 6.23. The van der Waals surface area contributed by atoms with E-state index >= 15 is 0 Å². The molecule has 0 aliphatic carbocycles. The minimum atomic E-state index is -0.169. The minimum absolute atomic E-state index is 0.169. The smallest absolute Gasteiger partial charge is 0.227 e. The molecule has 1 unspecified atom stereocenters. The van der Waals surface area contributed by atoms with Crippen molar-refractivity contribution in [2.45, 2.75) is 52.0 Å². The maximum Gasteiger partial charge on any atom is 0.227 e. The van der Waals surface area contributed by atoms with Crippen LogP contribution in [0.2, 0.25) is 0 Å². The number of carbonyl (C=O) groups excluding carboxylic acids is 1. The Balaban J connectivity index is 1.69. The van der Waals surface area contributed by atoms with Crippen molar-refractivity contribution in [1.82, 2.24) is 20.2 Å². The molecule has 2 heterocycles. The Hall–Kier alpha value is -1.36. The van der Waals surface area contributed by atoms with Gasteiger partial charge in [0.25, 0.3) is 0 Å². The highest BCUT2D eigenvalue weighted by Crippen LogP contribution is 2.31. The van der Waals surface area contributed by atoms with Gasteiger partial charge in [0.05, 0.1) is 11.7 Å². The van der Waals surface area contributed by atoms with E-state index in [1.165, 1.54) is 0 Å². The second kappa shape index (κ2) is 8.17. The maximum absolute atomic E-state index is 12.5. The molecule has 1 atom stereocenters. The van der Waals surface area contributed by atoms with Crippen LogP contribution in [-0.2, 0) is 11.3 Å². The van der Waals surface area contributed by atoms with Gasteiger partial charge in [-0.1, -0.05) is 13.3 Å². The summed E-state index contributed by atoms with van der Waals surface area (Å²) in [6, 6.07) is 0. The van der Waals surface area contributed by atoms with E-state index in [1.54, 1.807) is 6.20 Å². The lowest BCUT2D eigenvalue weighted by atomic mass is 9.76. The van der Waals surface area contributed by atoms with E-state index < -0.39 is 0 Å². The number of aromatic nitrogens is 2. The molecule has 1 aliphatic heterocycles. The van der Waals surface area contributed by atoms with Crippen molar-refractivity contribution in [3.8, 4) is 0 Å². The molecule has 1 saturated heterocycles. The van der Waals surface area contributed by atoms with E-state index in [-0.39, 0.29) is 11.3 Å². The fourth-order valence-corrected chi connectivity index (χ4v) is 3.19. The van der Waals surface area contributed by atoms with Gasteiger partial charge in [-0.25, -0.2) is 4.98 Å². The molecule has 0 saturated carbocycles. The number of hydrogen-bond acceptors (Lipinski definition) is 3. The molecule has 5 heteroatoms. The highest BCUT2D eigenvalue weighted by atomic mass is 16.2. The van der Waals surface area contributed by atoms with E-state index in [4.69, 9.17) is 0 Å². The van der Waals surface area contributed by atoms with Crippen molar-refractivity contribution < 1.29 is 4.79 Å². The van der Waals surface area contributed by atoms with Gasteiger partial charge in [0.2, 0.25) is 5.91 Å². The Labute approximate surface area is 127 Å². The summed E-state index contributed by atoms with van der Waals surface area (Å²) in [7, 11) is 0. The van der Waals surface area contributed by atoms with Gasteiger partial charge in [-0.3, -0.25) is 4.79 Å². The Morgan fingerprint density at radius 2 is 2.38 bits per heavy atom. The summed E-state index contributed by atoms with van der Waals surface area (Å²) in [5.41, 5.74) is -0.169. The molecular formula is C16H28N4O. The second-order valence-corrected chi connectivity index (χ2v) is 6.07. The van der Waals surface area contributed by atoms with Crippen LogP contribution in [0, 0.1) is 5.41 Å². The zero-order valence-electron chi connectivity index (χ0n) is 13.1. The van der Waals surface area contributed by atoms with Crippen LogP contribution in [0.1, 0.15) is 45.4 Å². The van der Waals surface area contributed by atoms with E-state index in [0.29, 0.717) is 0 Å². The standard InChI is InChI=1S/C16H28N4O/c1-2-6-16(7-5-8-17-13-16)15(21)19-9-3-4-11-20-12-10-18-14-20/h10,12,14,17H,2-9,11,13H2,1H3,(H,19,21). The zero-order chi connectivity index (χ0) is 15.0. The first kappa shape index (κ1) is 16.0. The summed E-state index contributed by atoms with van der Waals surface area (Å²) in [6.45, 7) is 5.79. The number of carbonyl (C=O) groups is 1. The third-order valence-electron chi connectivity index (χ3n) is 4.37. The summed E-state index contributed by atoms with van der Waals surface area (Å²) in [5.74, 6) is 0.249. The summed E-state index contributed by atoms with van der Waals surface area (Å²) in [6.07, 6.45) is 11.9. The molecule has 118 valence electrons. The SMILES string of the molecule is CCCC1(C(=O)NCCCCn2ccnc2)CCCNC1. The molecule has 2 rings (SSSR count). The number of imidazole rings is 1. The molecule has 0 spiro atoms. The average molecular weight is 292 g/mol. The maximum atomic E-state index is 12.5. The molecule has 1 aromatic heterocycles. The first-order chi connectivity index (χ1) is 10.3. The second-order valence-electron chi connectivity index (χ2n) is 6.07. The molecule has 2 N–H and O–H groups in total. The van der Waals surface area contributed by atoms with Crippen LogP contribution >= 0.6 is 0 Å². The van der Waals surface area contributed by atoms with Crippen LogP contribution in [0.25, 0.3) is 0 Å². The Morgan fingerprint density at radius 3 is 3.05 bits per heavy atom. The number of piperidine rings is 1. The molecular weight excluding hydrogens is 264 g/mol. The van der Waals surface area contributed by atoms with Crippen LogP contribution in [-0.4, -0.2) is 35.1 Å². The van der Waals surface area contributed by atoms with Crippen molar-refractivity contribution in [3.05, 3.63) is 18.7 Å². The molecule has 0 aromatic carbocycles. The highest BCUT2D eigenvalue weighted by molar-refractivity contribution is 5.83.